The molecule has 1 aromatic carbocycles. The lowest BCUT2D eigenvalue weighted by Gasteiger charge is -2.26. The number of ether oxygens (including phenoxy) is 1. The summed E-state index contributed by atoms with van der Waals surface area (Å²) in [6.45, 7) is 0.589. The number of anilines is 1. The summed E-state index contributed by atoms with van der Waals surface area (Å²) in [5.41, 5.74) is 1.61. The number of amides is 2. The van der Waals surface area contributed by atoms with Gasteiger partial charge in [0.15, 0.2) is 0 Å². The van der Waals surface area contributed by atoms with Crippen LogP contribution in [0.15, 0.2) is 35.1 Å². The van der Waals surface area contributed by atoms with Gasteiger partial charge in [-0.2, -0.15) is 5.10 Å². The molecule has 0 saturated heterocycles. The van der Waals surface area contributed by atoms with Crippen molar-refractivity contribution in [3.8, 4) is 5.75 Å². The monoisotopic (exact) mass is 336 g/mol. The summed E-state index contributed by atoms with van der Waals surface area (Å²) in [6, 6.07) is 5.47. The molecule has 0 bridgehead atoms. The van der Waals surface area contributed by atoms with Crippen LogP contribution in [0.4, 0.5) is 10.5 Å². The minimum Gasteiger partial charge on any atom is -0.493 e. The highest BCUT2D eigenvalue weighted by molar-refractivity contribution is 9.10. The minimum absolute atomic E-state index is 0.0665. The molecule has 104 valence electrons. The Hall–Kier alpha value is -2.02. The Kier molecular flexibility index (Phi) is 3.60. The van der Waals surface area contributed by atoms with E-state index in [0.29, 0.717) is 12.3 Å². The highest BCUT2D eigenvalue weighted by atomic mass is 79.9. The number of benzene rings is 1. The molecular formula is C13H13BrN4O2. The zero-order valence-corrected chi connectivity index (χ0v) is 12.1. The average Bonchev–Trinajstić information content (AvgIpc) is 2.92. The molecule has 1 aromatic heterocycles. The predicted molar refractivity (Wildman–Crippen MR) is 77.7 cm³/mol. The van der Waals surface area contributed by atoms with Crippen molar-refractivity contribution in [2.45, 2.75) is 12.5 Å². The molecule has 7 heteroatoms. The lowest BCUT2D eigenvalue weighted by molar-refractivity contribution is 0.232. The van der Waals surface area contributed by atoms with Crippen molar-refractivity contribution in [2.24, 2.45) is 0 Å². The summed E-state index contributed by atoms with van der Waals surface area (Å²) in [6.07, 6.45) is 3.91. The maximum absolute atomic E-state index is 12.0. The molecule has 0 aliphatic carbocycles. The summed E-state index contributed by atoms with van der Waals surface area (Å²) in [5.74, 6) is 0.813. The first-order valence-corrected chi connectivity index (χ1v) is 7.00. The van der Waals surface area contributed by atoms with Gasteiger partial charge in [0.1, 0.15) is 5.75 Å². The van der Waals surface area contributed by atoms with Crippen molar-refractivity contribution in [1.29, 1.82) is 0 Å². The van der Waals surface area contributed by atoms with Crippen LogP contribution in [0.3, 0.4) is 0 Å². The number of aromatic amines is 1. The number of rotatable bonds is 2. The van der Waals surface area contributed by atoms with Crippen molar-refractivity contribution in [3.05, 3.63) is 40.6 Å². The number of carbonyl (C=O) groups is 1. The second kappa shape index (κ2) is 5.54. The van der Waals surface area contributed by atoms with E-state index in [1.54, 1.807) is 12.4 Å². The molecule has 3 rings (SSSR count). The fraction of sp³-hybridized carbons (Fsp3) is 0.231. The standard InChI is InChI=1S/C13H13BrN4O2/c14-8-1-2-12-10(5-8)11(3-4-20-12)18-13(19)17-9-6-15-16-7-9/h1-2,5-7,11H,3-4H2,(H,15,16)(H2,17,18,19). The molecule has 6 nitrogen and oxygen atoms in total. The van der Waals surface area contributed by atoms with Gasteiger partial charge in [0.25, 0.3) is 0 Å². The number of hydrogen-bond donors (Lipinski definition) is 3. The smallest absolute Gasteiger partial charge is 0.319 e. The fourth-order valence-corrected chi connectivity index (χ4v) is 2.54. The molecule has 0 fully saturated rings. The van der Waals surface area contributed by atoms with Crippen LogP contribution in [0.5, 0.6) is 5.75 Å². The van der Waals surface area contributed by atoms with E-state index in [1.807, 2.05) is 18.2 Å². The molecular weight excluding hydrogens is 324 g/mol. The van der Waals surface area contributed by atoms with E-state index >= 15 is 0 Å². The Morgan fingerprint density at radius 2 is 2.40 bits per heavy atom. The van der Waals surface area contributed by atoms with Gasteiger partial charge < -0.3 is 15.4 Å². The molecule has 20 heavy (non-hydrogen) atoms. The molecule has 3 N–H and O–H groups in total. The summed E-state index contributed by atoms with van der Waals surface area (Å²) in [4.78, 5) is 12.0. The van der Waals surface area contributed by atoms with Crippen LogP contribution in [0.1, 0.15) is 18.0 Å². The normalized spacial score (nSPS) is 16.9. The number of urea groups is 1. The second-order valence-corrected chi connectivity index (χ2v) is 5.37. The zero-order chi connectivity index (χ0) is 13.9. The zero-order valence-electron chi connectivity index (χ0n) is 10.5. The second-order valence-electron chi connectivity index (χ2n) is 4.46. The third-order valence-corrected chi connectivity index (χ3v) is 3.57. The van der Waals surface area contributed by atoms with Crippen LogP contribution >= 0.6 is 15.9 Å². The number of hydrogen-bond acceptors (Lipinski definition) is 3. The largest absolute Gasteiger partial charge is 0.493 e. The highest BCUT2D eigenvalue weighted by Crippen LogP contribution is 2.34. The Labute approximate surface area is 124 Å². The number of carbonyl (C=O) groups excluding carboxylic acids is 1. The highest BCUT2D eigenvalue weighted by Gasteiger charge is 2.23. The summed E-state index contributed by atoms with van der Waals surface area (Å²) in [5, 5.41) is 12.1. The van der Waals surface area contributed by atoms with Gasteiger partial charge in [-0.15, -0.1) is 0 Å². The molecule has 1 atom stereocenters. The van der Waals surface area contributed by atoms with E-state index in [9.17, 15) is 4.79 Å². The van der Waals surface area contributed by atoms with Gasteiger partial charge in [0.05, 0.1) is 24.5 Å². The van der Waals surface area contributed by atoms with Gasteiger partial charge in [0.2, 0.25) is 0 Å². The first kappa shape index (κ1) is 13.0. The van der Waals surface area contributed by atoms with Gasteiger partial charge in [-0.05, 0) is 18.2 Å². The lowest BCUT2D eigenvalue weighted by atomic mass is 10.0. The number of aromatic nitrogens is 2. The molecule has 1 aliphatic heterocycles. The van der Waals surface area contributed by atoms with Crippen LogP contribution in [-0.2, 0) is 0 Å². The van der Waals surface area contributed by atoms with Crippen molar-refractivity contribution < 1.29 is 9.53 Å². The number of fused-ring (bicyclic) bond motifs is 1. The van der Waals surface area contributed by atoms with Gasteiger partial charge in [-0.25, -0.2) is 4.79 Å². The van der Waals surface area contributed by atoms with E-state index in [0.717, 1.165) is 22.2 Å². The Morgan fingerprint density at radius 1 is 1.50 bits per heavy atom. The molecule has 0 spiro atoms. The van der Waals surface area contributed by atoms with Crippen molar-refractivity contribution in [2.75, 3.05) is 11.9 Å². The molecule has 1 unspecified atom stereocenters. The third-order valence-electron chi connectivity index (χ3n) is 3.07. The molecule has 0 saturated carbocycles. The van der Waals surface area contributed by atoms with Gasteiger partial charge >= 0.3 is 6.03 Å². The van der Waals surface area contributed by atoms with Crippen LogP contribution in [-0.4, -0.2) is 22.8 Å². The van der Waals surface area contributed by atoms with Crippen LogP contribution < -0.4 is 15.4 Å². The van der Waals surface area contributed by atoms with Crippen molar-refractivity contribution >= 4 is 27.6 Å². The van der Waals surface area contributed by atoms with Gasteiger partial charge in [-0.3, -0.25) is 5.10 Å². The number of nitrogens with one attached hydrogen (secondary N) is 3. The van der Waals surface area contributed by atoms with Crippen LogP contribution in [0.2, 0.25) is 0 Å². The number of nitrogens with zero attached hydrogens (tertiary/aromatic N) is 1. The first-order chi connectivity index (χ1) is 9.72. The van der Waals surface area contributed by atoms with Crippen LogP contribution in [0, 0.1) is 0 Å². The number of H-pyrrole nitrogens is 1. The Balaban J connectivity index is 1.72. The Bertz CT molecular complexity index is 615. The topological polar surface area (TPSA) is 79.0 Å². The van der Waals surface area contributed by atoms with E-state index in [4.69, 9.17) is 4.74 Å². The van der Waals surface area contributed by atoms with Crippen molar-refractivity contribution in [3.63, 3.8) is 0 Å². The summed E-state index contributed by atoms with van der Waals surface area (Å²) in [7, 11) is 0. The third kappa shape index (κ3) is 2.77. The molecule has 1 aliphatic rings. The quantitative estimate of drug-likeness (QED) is 0.788. The predicted octanol–water partition coefficient (Wildman–Crippen LogP) is 2.82. The lowest BCUT2D eigenvalue weighted by Crippen LogP contribution is -2.35. The minimum atomic E-state index is -0.260. The van der Waals surface area contributed by atoms with E-state index in [2.05, 4.69) is 36.8 Å². The SMILES string of the molecule is O=C(Nc1cn[nH]c1)NC1CCOc2ccc(Br)cc21. The van der Waals surface area contributed by atoms with Gasteiger partial charge in [0, 0.05) is 22.7 Å². The fourth-order valence-electron chi connectivity index (χ4n) is 2.16. The summed E-state index contributed by atoms with van der Waals surface area (Å²) < 4.78 is 6.55. The molecule has 0 radical (unpaired) electrons. The molecule has 2 amide bonds. The number of halogens is 1. The average molecular weight is 337 g/mol. The summed E-state index contributed by atoms with van der Waals surface area (Å²) >= 11 is 3.44. The first-order valence-electron chi connectivity index (χ1n) is 6.21. The van der Waals surface area contributed by atoms with E-state index < -0.39 is 0 Å². The van der Waals surface area contributed by atoms with Gasteiger partial charge in [-0.1, -0.05) is 15.9 Å². The van der Waals surface area contributed by atoms with E-state index in [-0.39, 0.29) is 12.1 Å². The van der Waals surface area contributed by atoms with Crippen molar-refractivity contribution in [1.82, 2.24) is 15.5 Å². The molecule has 2 aromatic rings. The van der Waals surface area contributed by atoms with E-state index in [1.165, 1.54) is 0 Å². The maximum Gasteiger partial charge on any atom is 0.319 e. The molecule has 2 heterocycles. The Morgan fingerprint density at radius 3 is 3.20 bits per heavy atom. The maximum atomic E-state index is 12.0. The van der Waals surface area contributed by atoms with Crippen LogP contribution in [0.25, 0.3) is 0 Å².